The summed E-state index contributed by atoms with van der Waals surface area (Å²) >= 11 is 0. The number of carbonyl (C=O) groups is 3. The van der Waals surface area contributed by atoms with Gasteiger partial charge in [0.05, 0.1) is 25.7 Å². The van der Waals surface area contributed by atoms with E-state index in [0.29, 0.717) is 53.4 Å². The van der Waals surface area contributed by atoms with Crippen LogP contribution in [0.4, 0.5) is 0 Å². The Bertz CT molecular complexity index is 1060. The van der Waals surface area contributed by atoms with Crippen molar-refractivity contribution in [2.75, 3.05) is 26.8 Å². The van der Waals surface area contributed by atoms with Gasteiger partial charge in [0.25, 0.3) is 0 Å². The van der Waals surface area contributed by atoms with Crippen molar-refractivity contribution < 1.29 is 34.1 Å². The lowest BCUT2D eigenvalue weighted by Crippen LogP contribution is -2.56. The number of aliphatic hydroxyl groups excluding tert-OH is 2. The van der Waals surface area contributed by atoms with Gasteiger partial charge in [0.15, 0.2) is 11.5 Å². The van der Waals surface area contributed by atoms with Crippen LogP contribution in [0.5, 0.6) is 11.5 Å². The summed E-state index contributed by atoms with van der Waals surface area (Å²) in [5.41, 5.74) is 1.28. The quantitative estimate of drug-likeness (QED) is 0.399. The Morgan fingerprint density at radius 2 is 1.97 bits per heavy atom. The van der Waals surface area contributed by atoms with Crippen LogP contribution >= 0.6 is 0 Å². The van der Waals surface area contributed by atoms with E-state index < -0.39 is 30.1 Å². The molecular weight excluding hydrogens is 488 g/mol. The number of amides is 2. The molecule has 4 rings (SSSR count). The molecule has 2 aliphatic carbocycles. The normalized spacial score (nSPS) is 24.6. The Hall–Kier alpha value is -2.91. The van der Waals surface area contributed by atoms with E-state index in [1.54, 1.807) is 23.1 Å². The molecular formula is C29H40N2O7. The van der Waals surface area contributed by atoms with Gasteiger partial charge in [-0.15, -0.1) is 0 Å². The SMILES string of the molecule is COc1cc(C=O)cc2c1OC1C2C(C(=O)NCCO)=CC(N(CC2CCCCC2)C(=O)CC(C)C)C1O. The molecule has 9 nitrogen and oxygen atoms in total. The number of carbonyl (C=O) groups excluding carboxylic acids is 3. The molecule has 1 heterocycles. The molecule has 9 heteroatoms. The average molecular weight is 529 g/mol. The molecule has 1 fully saturated rings. The highest BCUT2D eigenvalue weighted by Crippen LogP contribution is 2.51. The van der Waals surface area contributed by atoms with Gasteiger partial charge in [0, 0.05) is 36.2 Å². The first kappa shape index (κ1) is 28.1. The van der Waals surface area contributed by atoms with Gasteiger partial charge in [-0.2, -0.15) is 0 Å². The van der Waals surface area contributed by atoms with Crippen molar-refractivity contribution in [2.24, 2.45) is 11.8 Å². The van der Waals surface area contributed by atoms with Crippen molar-refractivity contribution in [3.05, 3.63) is 34.9 Å². The number of nitrogens with one attached hydrogen (secondary N) is 1. The highest BCUT2D eigenvalue weighted by atomic mass is 16.5. The van der Waals surface area contributed by atoms with E-state index in [-0.39, 0.29) is 25.0 Å². The Morgan fingerprint density at radius 1 is 1.24 bits per heavy atom. The molecule has 1 aliphatic heterocycles. The average Bonchev–Trinajstić information content (AvgIpc) is 3.30. The molecule has 4 unspecified atom stereocenters. The summed E-state index contributed by atoms with van der Waals surface area (Å²) in [4.78, 5) is 40.4. The topological polar surface area (TPSA) is 125 Å². The third-order valence-electron chi connectivity index (χ3n) is 7.85. The molecule has 208 valence electrons. The van der Waals surface area contributed by atoms with Crippen LogP contribution in [0, 0.1) is 11.8 Å². The maximum atomic E-state index is 13.6. The molecule has 38 heavy (non-hydrogen) atoms. The van der Waals surface area contributed by atoms with Crippen molar-refractivity contribution in [3.63, 3.8) is 0 Å². The highest BCUT2D eigenvalue weighted by molar-refractivity contribution is 5.96. The van der Waals surface area contributed by atoms with Crippen LogP contribution in [-0.4, -0.2) is 78.3 Å². The monoisotopic (exact) mass is 528 g/mol. The van der Waals surface area contributed by atoms with Gasteiger partial charge in [-0.3, -0.25) is 14.4 Å². The highest BCUT2D eigenvalue weighted by Gasteiger charge is 2.51. The second-order valence-corrected chi connectivity index (χ2v) is 11.1. The fourth-order valence-electron chi connectivity index (χ4n) is 6.06. The zero-order valence-electron chi connectivity index (χ0n) is 22.5. The van der Waals surface area contributed by atoms with Crippen LogP contribution in [0.1, 0.15) is 74.2 Å². The number of hydrogen-bond acceptors (Lipinski definition) is 7. The van der Waals surface area contributed by atoms with Crippen LogP contribution in [0.3, 0.4) is 0 Å². The van der Waals surface area contributed by atoms with Crippen molar-refractivity contribution in [1.82, 2.24) is 10.2 Å². The third-order valence-corrected chi connectivity index (χ3v) is 7.85. The van der Waals surface area contributed by atoms with Gasteiger partial charge in [-0.25, -0.2) is 0 Å². The first-order valence-electron chi connectivity index (χ1n) is 13.7. The molecule has 2 amide bonds. The Balaban J connectivity index is 1.78. The van der Waals surface area contributed by atoms with Crippen molar-refractivity contribution in [2.45, 2.75) is 76.5 Å². The fraction of sp³-hybridized carbons (Fsp3) is 0.621. The van der Waals surface area contributed by atoms with Gasteiger partial charge in [0.2, 0.25) is 11.8 Å². The van der Waals surface area contributed by atoms with E-state index in [4.69, 9.17) is 9.47 Å². The van der Waals surface area contributed by atoms with Gasteiger partial charge in [-0.05, 0) is 42.9 Å². The number of rotatable bonds is 10. The van der Waals surface area contributed by atoms with E-state index >= 15 is 0 Å². The Labute approximate surface area is 224 Å². The largest absolute Gasteiger partial charge is 0.493 e. The number of aldehydes is 1. The minimum Gasteiger partial charge on any atom is -0.493 e. The molecule has 4 atom stereocenters. The van der Waals surface area contributed by atoms with Crippen LogP contribution in [0.25, 0.3) is 0 Å². The van der Waals surface area contributed by atoms with Crippen molar-refractivity contribution >= 4 is 18.1 Å². The standard InChI is InChI=1S/C29H40N2O7/c1-17(2)11-24(34)31(15-18-7-5-4-6-8-18)22-14-21(29(36)30-9-10-32)25-20-12-19(16-33)13-23(37-3)27(20)38-28(25)26(22)35/h12-14,16-18,22,25-26,28,32,35H,4-11,15H2,1-3H3,(H,30,36). The van der Waals surface area contributed by atoms with E-state index in [2.05, 4.69) is 5.32 Å². The maximum absolute atomic E-state index is 13.6. The van der Waals surface area contributed by atoms with Gasteiger partial charge < -0.3 is 29.9 Å². The molecule has 0 bridgehead atoms. The predicted octanol–water partition coefficient (Wildman–Crippen LogP) is 2.59. The smallest absolute Gasteiger partial charge is 0.247 e. The minimum absolute atomic E-state index is 0.0595. The summed E-state index contributed by atoms with van der Waals surface area (Å²) in [6.45, 7) is 4.32. The van der Waals surface area contributed by atoms with E-state index in [9.17, 15) is 24.6 Å². The summed E-state index contributed by atoms with van der Waals surface area (Å²) in [6, 6.07) is 2.45. The van der Waals surface area contributed by atoms with Crippen LogP contribution in [0.15, 0.2) is 23.8 Å². The van der Waals surface area contributed by atoms with Crippen LogP contribution in [-0.2, 0) is 9.59 Å². The summed E-state index contributed by atoms with van der Waals surface area (Å²) in [7, 11) is 1.47. The second kappa shape index (κ2) is 12.3. The number of ether oxygens (including phenoxy) is 2. The third kappa shape index (κ3) is 5.73. The number of hydrogen-bond donors (Lipinski definition) is 3. The van der Waals surface area contributed by atoms with Crippen molar-refractivity contribution in [3.8, 4) is 11.5 Å². The molecule has 1 saturated carbocycles. The molecule has 0 aromatic heterocycles. The first-order chi connectivity index (χ1) is 18.3. The molecule has 0 spiro atoms. The summed E-state index contributed by atoms with van der Waals surface area (Å²) in [6.07, 6.45) is 6.26. The maximum Gasteiger partial charge on any atom is 0.247 e. The van der Waals surface area contributed by atoms with E-state index in [1.165, 1.54) is 13.5 Å². The summed E-state index contributed by atoms with van der Waals surface area (Å²) in [5, 5.41) is 23.7. The second-order valence-electron chi connectivity index (χ2n) is 11.1. The molecule has 3 N–H and O–H groups in total. The van der Waals surface area contributed by atoms with Gasteiger partial charge in [-0.1, -0.05) is 33.1 Å². The van der Waals surface area contributed by atoms with Crippen molar-refractivity contribution in [1.29, 1.82) is 0 Å². The zero-order chi connectivity index (χ0) is 27.4. The van der Waals surface area contributed by atoms with Gasteiger partial charge in [0.1, 0.15) is 18.5 Å². The summed E-state index contributed by atoms with van der Waals surface area (Å²) < 4.78 is 11.7. The number of aliphatic hydroxyl groups is 2. The lowest BCUT2D eigenvalue weighted by molar-refractivity contribution is -0.139. The first-order valence-corrected chi connectivity index (χ1v) is 13.7. The Kier molecular flexibility index (Phi) is 9.10. The number of nitrogens with zero attached hydrogens (tertiary/aromatic N) is 1. The molecule has 0 saturated heterocycles. The molecule has 1 aromatic carbocycles. The Morgan fingerprint density at radius 3 is 2.61 bits per heavy atom. The van der Waals surface area contributed by atoms with Gasteiger partial charge >= 0.3 is 0 Å². The lowest BCUT2D eigenvalue weighted by atomic mass is 9.76. The molecule has 3 aliphatic rings. The molecule has 0 radical (unpaired) electrons. The number of methoxy groups -OCH3 is 1. The number of fused-ring (bicyclic) bond motifs is 3. The fourth-order valence-corrected chi connectivity index (χ4v) is 6.06. The number of benzene rings is 1. The lowest BCUT2D eigenvalue weighted by Gasteiger charge is -2.42. The van der Waals surface area contributed by atoms with E-state index in [0.717, 1.165) is 25.7 Å². The predicted molar refractivity (Wildman–Crippen MR) is 141 cm³/mol. The van der Waals surface area contributed by atoms with E-state index in [1.807, 2.05) is 13.8 Å². The molecule has 1 aromatic rings. The van der Waals surface area contributed by atoms with Crippen LogP contribution < -0.4 is 14.8 Å². The minimum atomic E-state index is -1.11. The zero-order valence-corrected chi connectivity index (χ0v) is 22.5. The van der Waals surface area contributed by atoms with Crippen LogP contribution in [0.2, 0.25) is 0 Å². The summed E-state index contributed by atoms with van der Waals surface area (Å²) in [5.74, 6) is 0.0535.